The fraction of sp³-hybridized carbons (Fsp3) is 0.417. The molecular weight excluding hydrogens is 383 g/mol. The van der Waals surface area contributed by atoms with Gasteiger partial charge < -0.3 is 4.74 Å². The number of hydrogen-bond donors (Lipinski definition) is 0. The molecule has 0 radical (unpaired) electrons. The number of hydrogen-bond acceptors (Lipinski definition) is 4. The molecule has 2 saturated heterocycles. The van der Waals surface area contributed by atoms with Crippen LogP contribution in [0.3, 0.4) is 0 Å². The number of nitrogens with zero attached hydrogens (tertiary/aromatic N) is 2. The number of rotatable bonds is 6. The molecule has 158 valence electrons. The minimum atomic E-state index is -0.372. The second-order valence-corrected chi connectivity index (χ2v) is 8.13. The quantitative estimate of drug-likeness (QED) is 0.680. The number of carbonyl (C=O) groups is 2. The van der Waals surface area contributed by atoms with Gasteiger partial charge in [-0.3, -0.25) is 14.5 Å². The molecule has 0 saturated carbocycles. The van der Waals surface area contributed by atoms with Crippen LogP contribution in [0.5, 0.6) is 5.75 Å². The molecule has 2 aromatic rings. The Labute approximate surface area is 176 Å². The lowest BCUT2D eigenvalue weighted by Gasteiger charge is -2.34. The van der Waals surface area contributed by atoms with Gasteiger partial charge in [-0.25, -0.2) is 9.29 Å². The number of imide groups is 1. The number of amides is 2. The van der Waals surface area contributed by atoms with E-state index in [1.54, 1.807) is 43.5 Å². The van der Waals surface area contributed by atoms with Crippen LogP contribution in [0.2, 0.25) is 0 Å². The molecule has 6 heteroatoms. The zero-order chi connectivity index (χ0) is 21.1. The minimum absolute atomic E-state index is 0.136. The molecule has 2 fully saturated rings. The molecule has 0 N–H and O–H groups in total. The van der Waals surface area contributed by atoms with E-state index in [0.29, 0.717) is 17.4 Å². The van der Waals surface area contributed by atoms with E-state index in [1.807, 2.05) is 6.07 Å². The van der Waals surface area contributed by atoms with Gasteiger partial charge in [-0.15, -0.1) is 0 Å². The van der Waals surface area contributed by atoms with Crippen LogP contribution in [0.1, 0.15) is 31.2 Å². The Bertz CT molecular complexity index is 907. The summed E-state index contributed by atoms with van der Waals surface area (Å²) in [6.07, 6.45) is 4.12. The average molecular weight is 410 g/mol. The van der Waals surface area contributed by atoms with E-state index < -0.39 is 0 Å². The molecule has 1 unspecified atom stereocenters. The maximum atomic E-state index is 13.3. The highest BCUT2D eigenvalue weighted by Gasteiger charge is 2.43. The average Bonchev–Trinajstić information content (AvgIpc) is 3.07. The number of likely N-dealkylation sites (tertiary alicyclic amines) is 1. The number of halogens is 1. The Kier molecular flexibility index (Phi) is 6.13. The number of anilines is 1. The van der Waals surface area contributed by atoms with Crippen molar-refractivity contribution in [3.8, 4) is 5.75 Å². The maximum Gasteiger partial charge on any atom is 0.251 e. The van der Waals surface area contributed by atoms with Crippen molar-refractivity contribution in [1.29, 1.82) is 0 Å². The zero-order valence-electron chi connectivity index (χ0n) is 17.2. The highest BCUT2D eigenvalue weighted by atomic mass is 19.1. The fourth-order valence-electron chi connectivity index (χ4n) is 4.52. The number of carbonyl (C=O) groups excluding carboxylic acids is 2. The smallest absolute Gasteiger partial charge is 0.251 e. The van der Waals surface area contributed by atoms with Crippen LogP contribution in [0, 0.1) is 11.7 Å². The second kappa shape index (κ2) is 8.96. The van der Waals surface area contributed by atoms with Gasteiger partial charge in [0.2, 0.25) is 5.91 Å². The van der Waals surface area contributed by atoms with E-state index in [0.717, 1.165) is 44.3 Å². The second-order valence-electron chi connectivity index (χ2n) is 8.13. The lowest BCUT2D eigenvalue weighted by molar-refractivity contribution is -0.123. The third-order valence-corrected chi connectivity index (χ3v) is 6.27. The summed E-state index contributed by atoms with van der Waals surface area (Å²) in [5, 5.41) is 0. The first-order valence-electron chi connectivity index (χ1n) is 10.5. The molecule has 5 nitrogen and oxygen atoms in total. The van der Waals surface area contributed by atoms with Crippen molar-refractivity contribution in [2.45, 2.75) is 38.1 Å². The van der Waals surface area contributed by atoms with Crippen molar-refractivity contribution in [1.82, 2.24) is 4.90 Å². The van der Waals surface area contributed by atoms with Crippen molar-refractivity contribution in [2.75, 3.05) is 25.1 Å². The molecule has 1 atom stereocenters. The Balaban J connectivity index is 1.32. The molecule has 0 spiro atoms. The van der Waals surface area contributed by atoms with E-state index in [1.165, 1.54) is 11.0 Å². The van der Waals surface area contributed by atoms with Gasteiger partial charge in [0.15, 0.2) is 0 Å². The maximum absolute atomic E-state index is 13.3. The Morgan fingerprint density at radius 3 is 2.47 bits per heavy atom. The van der Waals surface area contributed by atoms with E-state index in [4.69, 9.17) is 4.74 Å². The Hall–Kier alpha value is -2.73. The summed E-state index contributed by atoms with van der Waals surface area (Å²) in [7, 11) is 1.58. The van der Waals surface area contributed by atoms with E-state index in [-0.39, 0.29) is 30.1 Å². The molecule has 0 aromatic heterocycles. The largest absolute Gasteiger partial charge is 0.497 e. The molecule has 2 amide bonds. The van der Waals surface area contributed by atoms with Gasteiger partial charge in [0.1, 0.15) is 11.6 Å². The Morgan fingerprint density at radius 1 is 1.07 bits per heavy atom. The molecular formula is C24H27FN2O3. The predicted molar refractivity (Wildman–Crippen MR) is 113 cm³/mol. The molecule has 2 aliphatic heterocycles. The van der Waals surface area contributed by atoms with Gasteiger partial charge in [0, 0.05) is 0 Å². The normalized spacial score (nSPS) is 20.7. The van der Waals surface area contributed by atoms with Crippen molar-refractivity contribution < 1.29 is 18.7 Å². The van der Waals surface area contributed by atoms with Gasteiger partial charge in [-0.05, 0) is 86.7 Å². The van der Waals surface area contributed by atoms with Gasteiger partial charge in [-0.2, -0.15) is 0 Å². The summed E-state index contributed by atoms with van der Waals surface area (Å²) >= 11 is 0. The van der Waals surface area contributed by atoms with Crippen LogP contribution >= 0.6 is 0 Å². The van der Waals surface area contributed by atoms with E-state index >= 15 is 0 Å². The number of ether oxygens (including phenoxy) is 1. The van der Waals surface area contributed by atoms with Gasteiger partial charge in [0.25, 0.3) is 5.91 Å². The monoisotopic (exact) mass is 410 g/mol. The highest BCUT2D eigenvalue weighted by molar-refractivity contribution is 6.22. The topological polar surface area (TPSA) is 49.9 Å². The van der Waals surface area contributed by atoms with Crippen molar-refractivity contribution in [3.05, 3.63) is 59.9 Å². The van der Waals surface area contributed by atoms with Crippen LogP contribution < -0.4 is 9.64 Å². The highest BCUT2D eigenvalue weighted by Crippen LogP contribution is 2.30. The molecule has 4 rings (SSSR count). The van der Waals surface area contributed by atoms with E-state index in [2.05, 4.69) is 4.90 Å². The number of methoxy groups -OCH3 is 1. The first kappa shape index (κ1) is 20.5. The van der Waals surface area contributed by atoms with Crippen LogP contribution in [0.15, 0.2) is 48.5 Å². The molecule has 0 aliphatic carbocycles. The standard InChI is InChI=1S/C24H27FN2O3/c1-30-21-9-7-20(8-10-21)27-23(28)16-22(24(27)29)26-13-11-17(12-14-26)5-6-18-3-2-4-19(25)15-18/h2-4,7-10,15,17,22H,5-6,11-14,16H2,1H3. The van der Waals surface area contributed by atoms with Crippen LogP contribution in [-0.4, -0.2) is 43.0 Å². The summed E-state index contributed by atoms with van der Waals surface area (Å²) < 4.78 is 18.5. The van der Waals surface area contributed by atoms with Crippen molar-refractivity contribution in [3.63, 3.8) is 0 Å². The van der Waals surface area contributed by atoms with Crippen molar-refractivity contribution in [2.24, 2.45) is 5.92 Å². The minimum Gasteiger partial charge on any atom is -0.497 e. The summed E-state index contributed by atoms with van der Waals surface area (Å²) in [6.45, 7) is 1.63. The molecule has 0 bridgehead atoms. The Morgan fingerprint density at radius 2 is 1.80 bits per heavy atom. The first-order chi connectivity index (χ1) is 14.5. The van der Waals surface area contributed by atoms with Crippen molar-refractivity contribution >= 4 is 17.5 Å². The summed E-state index contributed by atoms with van der Waals surface area (Å²) in [5.74, 6) is 0.782. The lowest BCUT2D eigenvalue weighted by atomic mass is 9.90. The van der Waals surface area contributed by atoms with Crippen LogP contribution in [-0.2, 0) is 16.0 Å². The molecule has 30 heavy (non-hydrogen) atoms. The summed E-state index contributed by atoms with van der Waals surface area (Å²) in [4.78, 5) is 29.0. The molecule has 2 aromatic carbocycles. The number of aryl methyl sites for hydroxylation is 1. The third-order valence-electron chi connectivity index (χ3n) is 6.27. The summed E-state index contributed by atoms with van der Waals surface area (Å²) in [5.41, 5.74) is 1.63. The third kappa shape index (κ3) is 4.38. The first-order valence-corrected chi connectivity index (χ1v) is 10.5. The zero-order valence-corrected chi connectivity index (χ0v) is 17.2. The SMILES string of the molecule is COc1ccc(N2C(=O)CC(N3CCC(CCc4cccc(F)c4)CC3)C2=O)cc1. The van der Waals surface area contributed by atoms with Gasteiger partial charge >= 0.3 is 0 Å². The number of piperidine rings is 1. The van der Waals surface area contributed by atoms with Crippen LogP contribution in [0.25, 0.3) is 0 Å². The lowest BCUT2D eigenvalue weighted by Crippen LogP contribution is -2.46. The number of benzene rings is 2. The summed E-state index contributed by atoms with van der Waals surface area (Å²) in [6, 6.07) is 13.4. The van der Waals surface area contributed by atoms with E-state index in [9.17, 15) is 14.0 Å². The molecule has 2 aliphatic rings. The van der Waals surface area contributed by atoms with Crippen LogP contribution in [0.4, 0.5) is 10.1 Å². The fourth-order valence-corrected chi connectivity index (χ4v) is 4.52. The van der Waals surface area contributed by atoms with Gasteiger partial charge in [-0.1, -0.05) is 12.1 Å². The predicted octanol–water partition coefficient (Wildman–Crippen LogP) is 3.81. The van der Waals surface area contributed by atoms with Gasteiger partial charge in [0.05, 0.1) is 25.3 Å². The molecule has 2 heterocycles.